The number of benzene rings is 2. The van der Waals surface area contributed by atoms with Crippen LogP contribution in [0.15, 0.2) is 47.8 Å². The summed E-state index contributed by atoms with van der Waals surface area (Å²) in [6, 6.07) is 11.2. The van der Waals surface area contributed by atoms with Crippen LogP contribution in [0.2, 0.25) is 15.1 Å². The van der Waals surface area contributed by atoms with Crippen LogP contribution in [0.25, 0.3) is 0 Å². The van der Waals surface area contributed by atoms with Gasteiger partial charge in [0.05, 0.1) is 29.4 Å². The lowest BCUT2D eigenvalue weighted by atomic mass is 10.1. The molecule has 3 aromatic rings. The van der Waals surface area contributed by atoms with Crippen molar-refractivity contribution < 1.29 is 19.1 Å². The molecule has 1 heterocycles. The van der Waals surface area contributed by atoms with Crippen molar-refractivity contribution in [1.82, 2.24) is 4.90 Å². The van der Waals surface area contributed by atoms with Crippen LogP contribution in [0.5, 0.6) is 0 Å². The summed E-state index contributed by atoms with van der Waals surface area (Å²) in [4.78, 5) is 39.6. The quantitative estimate of drug-likeness (QED) is 0.307. The number of amides is 2. The van der Waals surface area contributed by atoms with E-state index in [1.54, 1.807) is 60.6 Å². The van der Waals surface area contributed by atoms with Crippen LogP contribution in [-0.2, 0) is 16.1 Å². The molecule has 2 amide bonds. The van der Waals surface area contributed by atoms with Crippen LogP contribution in [0.1, 0.15) is 32.5 Å². The van der Waals surface area contributed by atoms with Crippen molar-refractivity contribution in [3.8, 4) is 0 Å². The molecule has 35 heavy (non-hydrogen) atoms. The van der Waals surface area contributed by atoms with Crippen molar-refractivity contribution in [2.24, 2.45) is 0 Å². The molecule has 1 aromatic heterocycles. The molecule has 0 aliphatic rings. The first-order valence-corrected chi connectivity index (χ1v) is 12.5. The Kier molecular flexibility index (Phi) is 9.54. The van der Waals surface area contributed by atoms with Gasteiger partial charge in [0, 0.05) is 22.3 Å². The molecule has 0 bridgehead atoms. The zero-order chi connectivity index (χ0) is 25.5. The van der Waals surface area contributed by atoms with E-state index in [1.807, 2.05) is 0 Å². The third-order valence-electron chi connectivity index (χ3n) is 4.73. The number of hydrogen-bond acceptors (Lipinski definition) is 6. The maximum atomic E-state index is 13.0. The fourth-order valence-electron chi connectivity index (χ4n) is 3.14. The Hall–Kier alpha value is -2.62. The highest BCUT2D eigenvalue weighted by Gasteiger charge is 2.21. The Morgan fingerprint density at radius 1 is 0.971 bits per heavy atom. The van der Waals surface area contributed by atoms with Crippen LogP contribution in [-0.4, -0.2) is 42.9 Å². The molecule has 0 aliphatic carbocycles. The zero-order valence-electron chi connectivity index (χ0n) is 18.9. The molecule has 0 fully saturated rings. The number of nitrogens with one attached hydrogen (secondary N) is 2. The van der Waals surface area contributed by atoms with E-state index < -0.39 is 11.8 Å². The minimum Gasteiger partial charge on any atom is -0.465 e. The minimum atomic E-state index is -0.470. The fourth-order valence-corrected chi connectivity index (χ4v) is 4.68. The number of esters is 1. The van der Waals surface area contributed by atoms with Gasteiger partial charge in [-0.15, -0.1) is 11.3 Å². The molecule has 2 N–H and O–H groups in total. The summed E-state index contributed by atoms with van der Waals surface area (Å²) in [5.41, 5.74) is 1.69. The van der Waals surface area contributed by atoms with Crippen LogP contribution >= 0.6 is 46.1 Å². The van der Waals surface area contributed by atoms with Crippen molar-refractivity contribution in [3.63, 3.8) is 0 Å². The lowest BCUT2D eigenvalue weighted by Crippen LogP contribution is -2.27. The SMILES string of the molecule is CCOC(=O)CN(C)Cc1csc(C(=O)Nc2ccc(Cl)cc2C(=O)Nc2ccc(Cl)cc2)c1Cl. The monoisotopic (exact) mass is 553 g/mol. The van der Waals surface area contributed by atoms with E-state index in [-0.39, 0.29) is 33.7 Å². The molecule has 0 unspecified atom stereocenters. The number of thiophene rings is 1. The molecular weight excluding hydrogens is 533 g/mol. The summed E-state index contributed by atoms with van der Waals surface area (Å²) in [6.45, 7) is 2.50. The van der Waals surface area contributed by atoms with Crippen LogP contribution < -0.4 is 10.6 Å². The predicted molar refractivity (Wildman–Crippen MR) is 141 cm³/mol. The molecule has 0 saturated heterocycles. The number of ether oxygens (including phenoxy) is 1. The number of carbonyl (C=O) groups excluding carboxylic acids is 3. The van der Waals surface area contributed by atoms with E-state index >= 15 is 0 Å². The maximum Gasteiger partial charge on any atom is 0.320 e. The normalized spacial score (nSPS) is 10.8. The molecule has 0 saturated carbocycles. The van der Waals surface area contributed by atoms with E-state index in [4.69, 9.17) is 39.5 Å². The summed E-state index contributed by atoms with van der Waals surface area (Å²) >= 11 is 19.6. The van der Waals surface area contributed by atoms with Crippen molar-refractivity contribution in [2.75, 3.05) is 30.8 Å². The number of likely N-dealkylation sites (N-methyl/N-ethyl adjacent to an activating group) is 1. The van der Waals surface area contributed by atoms with Gasteiger partial charge in [-0.05, 0) is 67.4 Å². The standard InChI is InChI=1S/C24H22Cl3N3O4S/c1-3-34-20(31)12-30(2)11-14-13-35-22(21(14)27)24(33)29-19-9-6-16(26)10-18(19)23(32)28-17-7-4-15(25)5-8-17/h4-10,13H,3,11-12H2,1-2H3,(H,28,32)(H,29,33). The van der Waals surface area contributed by atoms with Gasteiger partial charge in [0.2, 0.25) is 0 Å². The fraction of sp³-hybridized carbons (Fsp3) is 0.208. The lowest BCUT2D eigenvalue weighted by Gasteiger charge is -2.15. The van der Waals surface area contributed by atoms with Gasteiger partial charge < -0.3 is 15.4 Å². The maximum absolute atomic E-state index is 13.0. The minimum absolute atomic E-state index is 0.0956. The molecule has 0 radical (unpaired) electrons. The first kappa shape index (κ1) is 27.0. The second-order valence-corrected chi connectivity index (χ2v) is 9.62. The summed E-state index contributed by atoms with van der Waals surface area (Å²) in [6.07, 6.45) is 0. The van der Waals surface area contributed by atoms with E-state index in [0.29, 0.717) is 34.4 Å². The van der Waals surface area contributed by atoms with Crippen molar-refractivity contribution >= 4 is 75.3 Å². The smallest absolute Gasteiger partial charge is 0.320 e. The van der Waals surface area contributed by atoms with Crippen molar-refractivity contribution in [2.45, 2.75) is 13.5 Å². The van der Waals surface area contributed by atoms with Crippen molar-refractivity contribution in [1.29, 1.82) is 0 Å². The average Bonchev–Trinajstić information content (AvgIpc) is 3.16. The molecule has 0 spiro atoms. The Balaban J connectivity index is 1.74. The van der Waals surface area contributed by atoms with Gasteiger partial charge in [0.15, 0.2) is 0 Å². The third-order valence-corrected chi connectivity index (χ3v) is 6.79. The third kappa shape index (κ3) is 7.43. The Bertz CT molecular complexity index is 1230. The zero-order valence-corrected chi connectivity index (χ0v) is 21.9. The van der Waals surface area contributed by atoms with E-state index in [1.165, 1.54) is 17.4 Å². The van der Waals surface area contributed by atoms with E-state index in [2.05, 4.69) is 10.6 Å². The highest BCUT2D eigenvalue weighted by molar-refractivity contribution is 7.13. The summed E-state index contributed by atoms with van der Waals surface area (Å²) in [7, 11) is 1.75. The van der Waals surface area contributed by atoms with Gasteiger partial charge in [0.1, 0.15) is 4.88 Å². The van der Waals surface area contributed by atoms with Gasteiger partial charge in [-0.1, -0.05) is 34.8 Å². The van der Waals surface area contributed by atoms with Gasteiger partial charge in [0.25, 0.3) is 11.8 Å². The van der Waals surface area contributed by atoms with Crippen molar-refractivity contribution in [3.05, 3.63) is 78.9 Å². The van der Waals surface area contributed by atoms with E-state index in [0.717, 1.165) is 0 Å². The largest absolute Gasteiger partial charge is 0.465 e. The van der Waals surface area contributed by atoms with Crippen LogP contribution in [0, 0.1) is 0 Å². The number of anilines is 2. The van der Waals surface area contributed by atoms with Gasteiger partial charge in [-0.25, -0.2) is 0 Å². The Morgan fingerprint density at radius 2 is 1.66 bits per heavy atom. The van der Waals surface area contributed by atoms with E-state index in [9.17, 15) is 14.4 Å². The molecular formula is C24H22Cl3N3O4S. The highest BCUT2D eigenvalue weighted by Crippen LogP contribution is 2.31. The second kappa shape index (κ2) is 12.4. The number of halogens is 3. The second-order valence-electron chi connectivity index (χ2n) is 7.49. The number of hydrogen-bond donors (Lipinski definition) is 2. The summed E-state index contributed by atoms with van der Waals surface area (Å²) in [5, 5.41) is 8.42. The Morgan fingerprint density at radius 3 is 2.34 bits per heavy atom. The summed E-state index contributed by atoms with van der Waals surface area (Å²) < 4.78 is 4.95. The number of nitrogens with zero attached hydrogens (tertiary/aromatic N) is 1. The van der Waals surface area contributed by atoms with Gasteiger partial charge in [-0.3, -0.25) is 19.3 Å². The molecule has 2 aromatic carbocycles. The van der Waals surface area contributed by atoms with Gasteiger partial charge >= 0.3 is 5.97 Å². The Labute approximate surface area is 221 Å². The van der Waals surface area contributed by atoms with Crippen LogP contribution in [0.4, 0.5) is 11.4 Å². The molecule has 11 heteroatoms. The predicted octanol–water partition coefficient (Wildman–Crippen LogP) is 6.21. The average molecular weight is 555 g/mol. The molecule has 184 valence electrons. The number of carbonyl (C=O) groups is 3. The first-order chi connectivity index (χ1) is 16.7. The van der Waals surface area contributed by atoms with Crippen LogP contribution in [0.3, 0.4) is 0 Å². The molecule has 3 rings (SSSR count). The van der Waals surface area contributed by atoms with Gasteiger partial charge in [-0.2, -0.15) is 0 Å². The first-order valence-electron chi connectivity index (χ1n) is 10.5. The number of rotatable bonds is 9. The lowest BCUT2D eigenvalue weighted by molar-refractivity contribution is -0.144. The molecule has 7 nitrogen and oxygen atoms in total. The highest BCUT2D eigenvalue weighted by atomic mass is 35.5. The summed E-state index contributed by atoms with van der Waals surface area (Å²) in [5.74, 6) is -1.27. The molecule has 0 atom stereocenters. The topological polar surface area (TPSA) is 87.7 Å². The molecule has 0 aliphatic heterocycles.